The van der Waals surface area contributed by atoms with E-state index in [1.54, 1.807) is 38.5 Å². The van der Waals surface area contributed by atoms with Gasteiger partial charge in [0.2, 0.25) is 11.8 Å². The molecular weight excluding hydrogens is 883 g/mol. The summed E-state index contributed by atoms with van der Waals surface area (Å²) >= 11 is 12.4. The highest BCUT2D eigenvalue weighted by Crippen LogP contribution is 2.36. The van der Waals surface area contributed by atoms with Gasteiger partial charge in [0, 0.05) is 64.5 Å². The lowest BCUT2D eigenvalue weighted by Crippen LogP contribution is -2.31. The molecule has 0 fully saturated rings. The third-order valence-electron chi connectivity index (χ3n) is 11.4. The summed E-state index contributed by atoms with van der Waals surface area (Å²) in [6, 6.07) is 24.5. The van der Waals surface area contributed by atoms with Crippen LogP contribution in [-0.2, 0) is 19.2 Å². The number of ketones is 2. The summed E-state index contributed by atoms with van der Waals surface area (Å²) in [7, 11) is 3.18. The monoisotopic (exact) mass is 928 g/mol. The van der Waals surface area contributed by atoms with Crippen LogP contribution in [0.1, 0.15) is 96.2 Å². The van der Waals surface area contributed by atoms with E-state index < -0.39 is 18.0 Å². The number of nitrogens with zero attached hydrogens (tertiary/aromatic N) is 8. The van der Waals surface area contributed by atoms with Crippen LogP contribution in [0.3, 0.4) is 0 Å². The molecule has 338 valence electrons. The van der Waals surface area contributed by atoms with Crippen LogP contribution in [0.4, 0.5) is 0 Å². The molecule has 4 heterocycles. The van der Waals surface area contributed by atoms with Crippen LogP contribution in [0.5, 0.6) is 11.5 Å². The van der Waals surface area contributed by atoms with E-state index in [2.05, 4.69) is 31.0 Å². The van der Waals surface area contributed by atoms with Crippen LogP contribution < -0.4 is 20.1 Å². The molecule has 2 aromatic heterocycles. The number of rotatable bonds is 17. The maximum atomic E-state index is 13.5. The van der Waals surface area contributed by atoms with E-state index in [4.69, 9.17) is 42.7 Å². The van der Waals surface area contributed by atoms with Gasteiger partial charge >= 0.3 is 0 Å². The summed E-state index contributed by atoms with van der Waals surface area (Å²) in [5.41, 5.74) is 5.96. The molecule has 0 unspecified atom stereocenters. The Kier molecular flexibility index (Phi) is 13.8. The summed E-state index contributed by atoms with van der Waals surface area (Å²) < 4.78 is 14.9. The van der Waals surface area contributed by atoms with E-state index in [0.29, 0.717) is 62.7 Å². The first-order valence-electron chi connectivity index (χ1n) is 21.4. The van der Waals surface area contributed by atoms with Gasteiger partial charge in [0.1, 0.15) is 41.0 Å². The van der Waals surface area contributed by atoms with Crippen molar-refractivity contribution in [1.29, 1.82) is 0 Å². The number of fused-ring (bicyclic) bond motifs is 6. The van der Waals surface area contributed by atoms with Crippen LogP contribution in [0, 0.1) is 13.8 Å². The zero-order valence-electron chi connectivity index (χ0n) is 36.7. The van der Waals surface area contributed by atoms with Crippen LogP contribution in [0.2, 0.25) is 10.0 Å². The molecule has 0 saturated carbocycles. The number of hydrogen-bond acceptors (Lipinski definition) is 12. The number of amides is 2. The summed E-state index contributed by atoms with van der Waals surface area (Å²) in [4.78, 5) is 62.7. The second-order valence-corrected chi connectivity index (χ2v) is 16.7. The summed E-state index contributed by atoms with van der Waals surface area (Å²) in [5, 5.41) is 24.2. The van der Waals surface area contributed by atoms with Gasteiger partial charge in [0.25, 0.3) is 0 Å². The quantitative estimate of drug-likeness (QED) is 0.0901. The fourth-order valence-corrected chi connectivity index (χ4v) is 8.31. The number of carbonyl (C=O) groups is 4. The van der Waals surface area contributed by atoms with Gasteiger partial charge in [0.15, 0.2) is 17.4 Å². The minimum absolute atomic E-state index is 0.00682. The second kappa shape index (κ2) is 20.0. The minimum atomic E-state index is -0.731. The van der Waals surface area contributed by atoms with E-state index in [0.717, 1.165) is 33.6 Å². The average molecular weight is 930 g/mol. The molecule has 0 radical (unpaired) electrons. The Morgan fingerprint density at radius 3 is 1.59 bits per heavy atom. The lowest BCUT2D eigenvalue weighted by Gasteiger charge is -2.14. The van der Waals surface area contributed by atoms with Crippen molar-refractivity contribution in [2.45, 2.75) is 64.5 Å². The third-order valence-corrected chi connectivity index (χ3v) is 11.9. The molecule has 2 aliphatic heterocycles. The number of aryl methyl sites for hydroxylation is 2. The van der Waals surface area contributed by atoms with Crippen molar-refractivity contribution in [1.82, 2.24) is 40.2 Å². The summed E-state index contributed by atoms with van der Waals surface area (Å²) in [6.45, 7) is 3.69. The lowest BCUT2D eigenvalue weighted by atomic mass is 9.99. The first-order valence-corrected chi connectivity index (χ1v) is 22.1. The molecule has 0 spiro atoms. The number of methoxy groups -OCH3 is 2. The highest BCUT2D eigenvalue weighted by Gasteiger charge is 2.32. The topological polar surface area (TPSA) is 197 Å². The van der Waals surface area contributed by atoms with Crippen LogP contribution in [0.25, 0.3) is 11.4 Å². The molecule has 2 aliphatic rings. The van der Waals surface area contributed by atoms with Crippen molar-refractivity contribution < 1.29 is 28.7 Å². The SMILES string of the molecule is COc1ccc2c(c1)C(c1ccc(Cl)cc1)=N[C@@H](CC(=O)CCC(=O)NCCCC(=O)CNC(=O)C[C@@H]1N=C(c3ccc(Cl)cc3)c3cc(OC)ccc3-n3c(C)nnc31)c1nnc(C)n1-2. The van der Waals surface area contributed by atoms with Gasteiger partial charge in [-0.1, -0.05) is 47.5 Å². The average Bonchev–Trinajstić information content (AvgIpc) is 3.82. The molecule has 8 rings (SSSR count). The summed E-state index contributed by atoms with van der Waals surface area (Å²) in [5.74, 6) is 2.41. The smallest absolute Gasteiger partial charge is 0.222 e. The molecule has 0 bridgehead atoms. The first-order chi connectivity index (χ1) is 31.9. The van der Waals surface area contributed by atoms with Crippen LogP contribution in [0.15, 0.2) is 94.9 Å². The molecular formula is C48H46Cl2N10O6. The van der Waals surface area contributed by atoms with Crippen molar-refractivity contribution in [3.63, 3.8) is 0 Å². The minimum Gasteiger partial charge on any atom is -0.497 e. The maximum absolute atomic E-state index is 13.5. The molecule has 2 atom stereocenters. The van der Waals surface area contributed by atoms with E-state index in [-0.39, 0.29) is 62.7 Å². The fraction of sp³-hybridized carbons (Fsp3) is 0.292. The van der Waals surface area contributed by atoms with Crippen LogP contribution >= 0.6 is 23.2 Å². The van der Waals surface area contributed by atoms with Gasteiger partial charge in [-0.15, -0.1) is 20.4 Å². The van der Waals surface area contributed by atoms with E-state index in [1.165, 1.54) is 0 Å². The normalized spacial score (nSPS) is 14.8. The second-order valence-electron chi connectivity index (χ2n) is 15.9. The van der Waals surface area contributed by atoms with Crippen LogP contribution in [-0.4, -0.2) is 91.6 Å². The van der Waals surface area contributed by atoms with E-state index in [1.807, 2.05) is 83.6 Å². The number of nitrogens with one attached hydrogen (secondary N) is 2. The number of aromatic nitrogens is 6. The standard InChI is InChI=1S/C48H46Cl2N10O6/c1-27-55-57-47-39(53-45(29-7-11-31(49)12-8-29)37-23-35(65-3)16-18-41(37)59(27)47)22-33(61)15-20-43(63)51-21-5-6-34(62)26-52-44(64)25-40-48-58-56-28(2)60(48)42-19-17-36(66-4)24-38(42)46(54-40)30-9-13-32(50)14-10-30/h7-14,16-19,23-24,39-40H,5-6,15,20-22,25-26H2,1-4H3,(H,51,63)(H,52,64)/t39-,40-/m0/s1. The molecule has 2 amide bonds. The summed E-state index contributed by atoms with van der Waals surface area (Å²) in [6.07, 6.45) is 0.308. The van der Waals surface area contributed by atoms with Crippen molar-refractivity contribution in [3.05, 3.63) is 141 Å². The van der Waals surface area contributed by atoms with E-state index in [9.17, 15) is 19.2 Å². The van der Waals surface area contributed by atoms with Crippen molar-refractivity contribution in [3.8, 4) is 22.9 Å². The largest absolute Gasteiger partial charge is 0.497 e. The Morgan fingerprint density at radius 2 is 1.09 bits per heavy atom. The van der Waals surface area contributed by atoms with Crippen molar-refractivity contribution >= 4 is 58.0 Å². The van der Waals surface area contributed by atoms with Gasteiger partial charge in [0.05, 0.1) is 50.0 Å². The highest BCUT2D eigenvalue weighted by atomic mass is 35.5. The number of carbonyl (C=O) groups excluding carboxylic acids is 4. The molecule has 66 heavy (non-hydrogen) atoms. The Labute approximate surface area is 390 Å². The van der Waals surface area contributed by atoms with E-state index >= 15 is 0 Å². The van der Waals surface area contributed by atoms with Gasteiger partial charge < -0.3 is 20.1 Å². The Morgan fingerprint density at radius 1 is 0.591 bits per heavy atom. The van der Waals surface area contributed by atoms with Crippen molar-refractivity contribution in [2.75, 3.05) is 27.3 Å². The maximum Gasteiger partial charge on any atom is 0.222 e. The number of hydrogen-bond donors (Lipinski definition) is 2. The number of ether oxygens (including phenoxy) is 2. The molecule has 16 nitrogen and oxygen atoms in total. The zero-order valence-corrected chi connectivity index (χ0v) is 38.2. The van der Waals surface area contributed by atoms with Gasteiger partial charge in [-0.05, 0) is 80.9 Å². The Bertz CT molecular complexity index is 2690. The molecule has 6 aromatic rings. The fourth-order valence-electron chi connectivity index (χ4n) is 8.06. The molecule has 0 saturated heterocycles. The predicted octanol–water partition coefficient (Wildman–Crippen LogP) is 6.98. The lowest BCUT2D eigenvalue weighted by molar-refractivity contribution is -0.126. The Balaban J connectivity index is 0.838. The zero-order chi connectivity index (χ0) is 46.5. The number of Topliss-reactive ketones (excluding diaryl/α,β-unsaturated/α-hetero) is 2. The first kappa shape index (κ1) is 45.5. The predicted molar refractivity (Wildman–Crippen MR) is 249 cm³/mol. The number of aliphatic imine (C=N–C) groups is 2. The number of benzene rings is 4. The van der Waals surface area contributed by atoms with Gasteiger partial charge in [-0.2, -0.15) is 0 Å². The highest BCUT2D eigenvalue weighted by molar-refractivity contribution is 6.31. The molecule has 0 aliphatic carbocycles. The number of halogens is 2. The molecule has 2 N–H and O–H groups in total. The molecule has 4 aromatic carbocycles. The third kappa shape index (κ3) is 9.94. The van der Waals surface area contributed by atoms with Gasteiger partial charge in [-0.3, -0.25) is 38.3 Å². The van der Waals surface area contributed by atoms with Gasteiger partial charge in [-0.25, -0.2) is 0 Å². The Hall–Kier alpha value is -7.04. The molecule has 18 heteroatoms. The van der Waals surface area contributed by atoms with Crippen molar-refractivity contribution in [2.24, 2.45) is 9.98 Å².